The van der Waals surface area contributed by atoms with Gasteiger partial charge >= 0.3 is 0 Å². The molecule has 1 aromatic carbocycles. The lowest BCUT2D eigenvalue weighted by molar-refractivity contribution is 0.107. The van der Waals surface area contributed by atoms with Gasteiger partial charge < -0.3 is 25.6 Å². The van der Waals surface area contributed by atoms with Crippen molar-refractivity contribution in [2.45, 2.75) is 6.10 Å². The van der Waals surface area contributed by atoms with Crippen molar-refractivity contribution >= 4 is 0 Å². The first-order valence-corrected chi connectivity index (χ1v) is 5.62. The fourth-order valence-corrected chi connectivity index (χ4v) is 1.29. The highest BCUT2D eigenvalue weighted by molar-refractivity contribution is 5.31. The molecule has 5 nitrogen and oxygen atoms in total. The van der Waals surface area contributed by atoms with Crippen molar-refractivity contribution in [2.75, 3.05) is 33.4 Å². The van der Waals surface area contributed by atoms with Gasteiger partial charge in [-0.1, -0.05) is 0 Å². The van der Waals surface area contributed by atoms with Gasteiger partial charge in [0, 0.05) is 19.6 Å². The molecule has 5 heteroatoms. The Morgan fingerprint density at radius 3 is 2.53 bits per heavy atom. The Labute approximate surface area is 102 Å². The SMILES string of the molecule is COc1ccc(OCC(O)CNCCN)cc1. The highest BCUT2D eigenvalue weighted by Crippen LogP contribution is 2.16. The molecule has 4 N–H and O–H groups in total. The zero-order valence-electron chi connectivity index (χ0n) is 10.1. The van der Waals surface area contributed by atoms with Crippen molar-refractivity contribution in [3.8, 4) is 11.5 Å². The number of benzene rings is 1. The number of aliphatic hydroxyl groups excluding tert-OH is 1. The van der Waals surface area contributed by atoms with Gasteiger partial charge in [-0.15, -0.1) is 0 Å². The summed E-state index contributed by atoms with van der Waals surface area (Å²) in [5, 5.41) is 12.6. The Kier molecular flexibility index (Phi) is 6.39. The molecular weight excluding hydrogens is 220 g/mol. The summed E-state index contributed by atoms with van der Waals surface area (Å²) in [6.45, 7) is 1.99. The van der Waals surface area contributed by atoms with Crippen LogP contribution in [0.5, 0.6) is 11.5 Å². The van der Waals surface area contributed by atoms with E-state index in [0.717, 1.165) is 5.75 Å². The second-order valence-corrected chi connectivity index (χ2v) is 3.63. The molecule has 0 aliphatic rings. The van der Waals surface area contributed by atoms with Crippen molar-refractivity contribution in [2.24, 2.45) is 5.73 Å². The average Bonchev–Trinajstić information content (AvgIpc) is 2.37. The normalized spacial score (nSPS) is 12.2. The predicted octanol–water partition coefficient (Wildman–Crippen LogP) is -0.0168. The first kappa shape index (κ1) is 13.8. The van der Waals surface area contributed by atoms with E-state index in [9.17, 15) is 5.11 Å². The zero-order valence-corrected chi connectivity index (χ0v) is 10.1. The highest BCUT2D eigenvalue weighted by Gasteiger charge is 2.04. The van der Waals surface area contributed by atoms with Gasteiger partial charge in [0.25, 0.3) is 0 Å². The van der Waals surface area contributed by atoms with Crippen LogP contribution in [0.3, 0.4) is 0 Å². The number of hydrogen-bond acceptors (Lipinski definition) is 5. The molecule has 1 aromatic rings. The van der Waals surface area contributed by atoms with Crippen LogP contribution in [0.1, 0.15) is 0 Å². The van der Waals surface area contributed by atoms with Gasteiger partial charge in [-0.05, 0) is 24.3 Å². The van der Waals surface area contributed by atoms with Gasteiger partial charge in [0.1, 0.15) is 24.2 Å². The van der Waals surface area contributed by atoms with Crippen LogP contribution in [0.15, 0.2) is 24.3 Å². The first-order chi connectivity index (χ1) is 8.26. The molecular formula is C12H20N2O3. The van der Waals surface area contributed by atoms with E-state index in [1.807, 2.05) is 12.1 Å². The van der Waals surface area contributed by atoms with Crippen LogP contribution in [-0.4, -0.2) is 44.6 Å². The zero-order chi connectivity index (χ0) is 12.5. The van der Waals surface area contributed by atoms with Crippen LogP contribution in [0.2, 0.25) is 0 Å². The van der Waals surface area contributed by atoms with Crippen LogP contribution in [0.4, 0.5) is 0 Å². The van der Waals surface area contributed by atoms with Crippen molar-refractivity contribution < 1.29 is 14.6 Å². The molecule has 1 rings (SSSR count). The lowest BCUT2D eigenvalue weighted by Crippen LogP contribution is -2.34. The summed E-state index contributed by atoms with van der Waals surface area (Å²) in [6, 6.07) is 7.24. The van der Waals surface area contributed by atoms with Crippen LogP contribution in [0, 0.1) is 0 Å². The minimum Gasteiger partial charge on any atom is -0.497 e. The van der Waals surface area contributed by atoms with E-state index >= 15 is 0 Å². The van der Waals surface area contributed by atoms with E-state index in [1.165, 1.54) is 0 Å². The molecule has 0 fully saturated rings. The van der Waals surface area contributed by atoms with Crippen molar-refractivity contribution in [3.63, 3.8) is 0 Å². The maximum absolute atomic E-state index is 9.58. The van der Waals surface area contributed by atoms with E-state index < -0.39 is 6.10 Å². The minimum absolute atomic E-state index is 0.254. The minimum atomic E-state index is -0.538. The predicted molar refractivity (Wildman–Crippen MR) is 66.4 cm³/mol. The third-order valence-corrected chi connectivity index (χ3v) is 2.20. The van der Waals surface area contributed by atoms with E-state index in [4.69, 9.17) is 15.2 Å². The largest absolute Gasteiger partial charge is 0.497 e. The van der Waals surface area contributed by atoms with Crippen molar-refractivity contribution in [1.82, 2.24) is 5.32 Å². The molecule has 0 aliphatic carbocycles. The average molecular weight is 240 g/mol. The molecule has 0 radical (unpaired) electrons. The second kappa shape index (κ2) is 7.89. The molecule has 1 atom stereocenters. The fraction of sp³-hybridized carbons (Fsp3) is 0.500. The maximum Gasteiger partial charge on any atom is 0.119 e. The van der Waals surface area contributed by atoms with Gasteiger partial charge in [0.2, 0.25) is 0 Å². The third kappa shape index (κ3) is 5.53. The highest BCUT2D eigenvalue weighted by atomic mass is 16.5. The summed E-state index contributed by atoms with van der Waals surface area (Å²) in [4.78, 5) is 0. The molecule has 17 heavy (non-hydrogen) atoms. The number of nitrogens with one attached hydrogen (secondary N) is 1. The van der Waals surface area contributed by atoms with E-state index in [1.54, 1.807) is 19.2 Å². The summed E-state index contributed by atoms with van der Waals surface area (Å²) in [7, 11) is 1.61. The van der Waals surface area contributed by atoms with E-state index in [2.05, 4.69) is 5.32 Å². The molecule has 1 unspecified atom stereocenters. The maximum atomic E-state index is 9.58. The summed E-state index contributed by atoms with van der Waals surface area (Å²) >= 11 is 0. The Morgan fingerprint density at radius 1 is 1.29 bits per heavy atom. The number of hydrogen-bond donors (Lipinski definition) is 3. The molecule has 0 saturated heterocycles. The van der Waals surface area contributed by atoms with Gasteiger partial charge in [-0.25, -0.2) is 0 Å². The molecule has 0 aliphatic heterocycles. The number of ether oxygens (including phenoxy) is 2. The molecule has 0 saturated carbocycles. The van der Waals surface area contributed by atoms with Crippen LogP contribution < -0.4 is 20.5 Å². The van der Waals surface area contributed by atoms with E-state index in [-0.39, 0.29) is 6.61 Å². The van der Waals surface area contributed by atoms with Crippen LogP contribution >= 0.6 is 0 Å². The number of nitrogens with two attached hydrogens (primary N) is 1. The standard InChI is InChI=1S/C12H20N2O3/c1-16-11-2-4-12(5-3-11)17-9-10(15)8-14-7-6-13/h2-5,10,14-15H,6-9,13H2,1H3. The third-order valence-electron chi connectivity index (χ3n) is 2.20. The van der Waals surface area contributed by atoms with Crippen molar-refractivity contribution in [3.05, 3.63) is 24.3 Å². The van der Waals surface area contributed by atoms with Gasteiger partial charge in [0.15, 0.2) is 0 Å². The molecule has 0 aromatic heterocycles. The monoisotopic (exact) mass is 240 g/mol. The Balaban J connectivity index is 2.24. The van der Waals surface area contributed by atoms with Crippen LogP contribution in [-0.2, 0) is 0 Å². The molecule has 0 heterocycles. The molecule has 0 bridgehead atoms. The lowest BCUT2D eigenvalue weighted by atomic mass is 10.3. The summed E-state index contributed by atoms with van der Waals surface area (Å²) in [6.07, 6.45) is -0.538. The molecule has 96 valence electrons. The van der Waals surface area contributed by atoms with Gasteiger partial charge in [-0.2, -0.15) is 0 Å². The fourth-order valence-electron chi connectivity index (χ4n) is 1.29. The quantitative estimate of drug-likeness (QED) is 0.557. The lowest BCUT2D eigenvalue weighted by Gasteiger charge is -2.13. The number of rotatable bonds is 8. The first-order valence-electron chi connectivity index (χ1n) is 5.62. The van der Waals surface area contributed by atoms with Crippen LogP contribution in [0.25, 0.3) is 0 Å². The summed E-state index contributed by atoms with van der Waals surface area (Å²) < 4.78 is 10.5. The Morgan fingerprint density at radius 2 is 1.94 bits per heavy atom. The number of methoxy groups -OCH3 is 1. The van der Waals surface area contributed by atoms with Gasteiger partial charge in [-0.3, -0.25) is 0 Å². The summed E-state index contributed by atoms with van der Waals surface area (Å²) in [5.74, 6) is 1.49. The van der Waals surface area contributed by atoms with E-state index in [0.29, 0.717) is 25.4 Å². The second-order valence-electron chi connectivity index (χ2n) is 3.63. The Hall–Kier alpha value is -1.30. The molecule has 0 spiro atoms. The Bertz CT molecular complexity index is 303. The smallest absolute Gasteiger partial charge is 0.119 e. The summed E-state index contributed by atoms with van der Waals surface area (Å²) in [5.41, 5.74) is 5.32. The van der Waals surface area contributed by atoms with Gasteiger partial charge in [0.05, 0.1) is 7.11 Å². The van der Waals surface area contributed by atoms with Crippen molar-refractivity contribution in [1.29, 1.82) is 0 Å². The topological polar surface area (TPSA) is 76.7 Å². The number of aliphatic hydroxyl groups is 1. The molecule has 0 amide bonds.